The molecular weight excluding hydrogens is 507 g/mol. The Balaban J connectivity index is 1.58. The molecule has 37 heavy (non-hydrogen) atoms. The molecule has 2 aliphatic rings. The summed E-state index contributed by atoms with van der Waals surface area (Å²) >= 11 is 12.9. The molecule has 1 aliphatic heterocycles. The van der Waals surface area contributed by atoms with Crippen LogP contribution < -0.4 is 5.32 Å². The summed E-state index contributed by atoms with van der Waals surface area (Å²) in [7, 11) is 0. The average Bonchev–Trinajstić information content (AvgIpc) is 2.90. The first-order chi connectivity index (χ1) is 18.0. The van der Waals surface area contributed by atoms with Crippen LogP contribution in [0.1, 0.15) is 51.8 Å². The summed E-state index contributed by atoms with van der Waals surface area (Å²) in [6.07, 6.45) is 4.78. The number of benzene rings is 3. The molecular formula is C30H28Cl2N2O3. The minimum atomic E-state index is -0.849. The van der Waals surface area contributed by atoms with E-state index in [1.807, 2.05) is 48.5 Å². The van der Waals surface area contributed by atoms with Crippen LogP contribution in [0.5, 0.6) is 0 Å². The number of rotatable bonds is 6. The molecule has 0 fully saturated rings. The monoisotopic (exact) mass is 534 g/mol. The van der Waals surface area contributed by atoms with Gasteiger partial charge >= 0.3 is 0 Å². The molecule has 5 rings (SSSR count). The number of carbonyl (C=O) groups is 2. The van der Waals surface area contributed by atoms with Crippen LogP contribution in [-0.4, -0.2) is 40.5 Å². The lowest BCUT2D eigenvalue weighted by Gasteiger charge is -2.47. The molecule has 3 aromatic carbocycles. The van der Waals surface area contributed by atoms with Crippen LogP contribution in [0.2, 0.25) is 10.0 Å². The lowest BCUT2D eigenvalue weighted by molar-refractivity contribution is -0.124. The fourth-order valence-electron chi connectivity index (χ4n) is 5.46. The van der Waals surface area contributed by atoms with Gasteiger partial charge in [0.25, 0.3) is 5.91 Å². The van der Waals surface area contributed by atoms with Gasteiger partial charge in [-0.2, -0.15) is 0 Å². The van der Waals surface area contributed by atoms with E-state index in [4.69, 9.17) is 23.2 Å². The maximum absolute atomic E-state index is 14.0. The van der Waals surface area contributed by atoms with Crippen LogP contribution in [0.3, 0.4) is 0 Å². The summed E-state index contributed by atoms with van der Waals surface area (Å²) in [5.74, 6) is -1.14. The molecule has 2 amide bonds. The molecule has 0 saturated heterocycles. The summed E-state index contributed by atoms with van der Waals surface area (Å²) in [5.41, 5.74) is 2.86. The normalized spacial score (nSPS) is 23.0. The molecule has 0 unspecified atom stereocenters. The van der Waals surface area contributed by atoms with E-state index in [9.17, 15) is 14.7 Å². The smallest absolute Gasteiger partial charge is 0.255 e. The predicted octanol–water partition coefficient (Wildman–Crippen LogP) is 5.71. The van der Waals surface area contributed by atoms with E-state index in [2.05, 4.69) is 5.32 Å². The van der Waals surface area contributed by atoms with Gasteiger partial charge in [0.05, 0.1) is 24.1 Å². The second-order valence-corrected chi connectivity index (χ2v) is 10.3. The highest BCUT2D eigenvalue weighted by Gasteiger charge is 2.48. The van der Waals surface area contributed by atoms with Gasteiger partial charge in [-0.15, -0.1) is 0 Å². The van der Waals surface area contributed by atoms with Crippen molar-refractivity contribution in [2.75, 3.05) is 6.54 Å². The predicted molar refractivity (Wildman–Crippen MR) is 146 cm³/mol. The zero-order chi connectivity index (χ0) is 25.9. The van der Waals surface area contributed by atoms with Crippen LogP contribution in [0.4, 0.5) is 0 Å². The van der Waals surface area contributed by atoms with Crippen molar-refractivity contribution in [1.82, 2.24) is 10.2 Å². The summed E-state index contributed by atoms with van der Waals surface area (Å²) < 4.78 is 0. The molecule has 4 atom stereocenters. The standard InChI is InChI=1S/C30H28Cl2N2O3/c31-20-14-15-23(24(32)18-20)28-27(29(36)33-17-16-19-8-2-1-3-9-19)21-10-4-5-11-22(21)30(37)34(28)25-12-6-7-13-26(25)35/h1-5,7-11,13-15,18,25-28,35H,6,12,16-17H2,(H,33,36)/t25-,26-,27-,28+/m1/s1. The molecule has 5 nitrogen and oxygen atoms in total. The Hall–Kier alpha value is -3.12. The number of hydrogen-bond donors (Lipinski definition) is 2. The van der Waals surface area contributed by atoms with E-state index >= 15 is 0 Å². The molecule has 2 N–H and O–H groups in total. The number of carbonyl (C=O) groups excluding carboxylic acids is 2. The SMILES string of the molecule is O=C(NCCc1ccccc1)[C@@H]1c2ccccc2C(=O)N([C@@H]2CCC=C[C@H]2O)[C@H]1c1ccc(Cl)cc1Cl. The van der Waals surface area contributed by atoms with Gasteiger partial charge in [-0.25, -0.2) is 0 Å². The van der Waals surface area contributed by atoms with Crippen molar-refractivity contribution < 1.29 is 14.7 Å². The van der Waals surface area contributed by atoms with Gasteiger partial charge in [-0.1, -0.05) is 90.0 Å². The van der Waals surface area contributed by atoms with Crippen molar-refractivity contribution >= 4 is 35.0 Å². The lowest BCUT2D eigenvalue weighted by Crippen LogP contribution is -2.55. The molecule has 0 radical (unpaired) electrons. The highest BCUT2D eigenvalue weighted by atomic mass is 35.5. The molecule has 3 aromatic rings. The third-order valence-electron chi connectivity index (χ3n) is 7.21. The number of hydrogen-bond acceptors (Lipinski definition) is 3. The molecule has 1 aliphatic carbocycles. The van der Waals surface area contributed by atoms with Crippen molar-refractivity contribution in [2.24, 2.45) is 0 Å². The lowest BCUT2D eigenvalue weighted by atomic mass is 9.77. The molecule has 0 aromatic heterocycles. The Morgan fingerprint density at radius 1 is 1.00 bits per heavy atom. The molecule has 0 bridgehead atoms. The first-order valence-electron chi connectivity index (χ1n) is 12.5. The summed E-state index contributed by atoms with van der Waals surface area (Å²) in [6, 6.07) is 21.1. The third kappa shape index (κ3) is 5.17. The van der Waals surface area contributed by atoms with E-state index in [1.54, 1.807) is 41.3 Å². The van der Waals surface area contributed by atoms with Gasteiger partial charge in [0, 0.05) is 22.2 Å². The zero-order valence-electron chi connectivity index (χ0n) is 20.2. The Kier molecular flexibility index (Phi) is 7.65. The van der Waals surface area contributed by atoms with Crippen molar-refractivity contribution in [3.8, 4) is 0 Å². The maximum Gasteiger partial charge on any atom is 0.255 e. The number of nitrogens with zero attached hydrogens (tertiary/aromatic N) is 1. The zero-order valence-corrected chi connectivity index (χ0v) is 21.7. The fourth-order valence-corrected chi connectivity index (χ4v) is 5.98. The Labute approximate surface area is 226 Å². The van der Waals surface area contributed by atoms with E-state index in [1.165, 1.54) is 0 Å². The first kappa shape index (κ1) is 25.5. The van der Waals surface area contributed by atoms with E-state index in [-0.39, 0.29) is 11.8 Å². The topological polar surface area (TPSA) is 69.6 Å². The van der Waals surface area contributed by atoms with Crippen LogP contribution >= 0.6 is 23.2 Å². The third-order valence-corrected chi connectivity index (χ3v) is 7.77. The van der Waals surface area contributed by atoms with Crippen LogP contribution in [0, 0.1) is 0 Å². The van der Waals surface area contributed by atoms with Gasteiger partial charge in [-0.05, 0) is 54.2 Å². The summed E-state index contributed by atoms with van der Waals surface area (Å²) in [6.45, 7) is 0.450. The quantitative estimate of drug-likeness (QED) is 0.397. The summed E-state index contributed by atoms with van der Waals surface area (Å²) in [4.78, 5) is 29.6. The minimum Gasteiger partial charge on any atom is -0.387 e. The van der Waals surface area contributed by atoms with Crippen LogP contribution in [0.15, 0.2) is 84.9 Å². The number of fused-ring (bicyclic) bond motifs is 1. The van der Waals surface area contributed by atoms with Crippen LogP contribution in [0.25, 0.3) is 0 Å². The van der Waals surface area contributed by atoms with E-state index in [0.717, 1.165) is 12.0 Å². The Morgan fingerprint density at radius 3 is 2.51 bits per heavy atom. The second-order valence-electron chi connectivity index (χ2n) is 9.48. The molecule has 0 spiro atoms. The second kappa shape index (κ2) is 11.1. The first-order valence-corrected chi connectivity index (χ1v) is 13.2. The van der Waals surface area contributed by atoms with Gasteiger partial charge in [-0.3, -0.25) is 9.59 Å². The van der Waals surface area contributed by atoms with Crippen LogP contribution in [-0.2, 0) is 11.2 Å². The number of aliphatic hydroxyl groups is 1. The highest BCUT2D eigenvalue weighted by Crippen LogP contribution is 2.47. The molecule has 0 saturated carbocycles. The molecule has 190 valence electrons. The van der Waals surface area contributed by atoms with Crippen molar-refractivity contribution in [1.29, 1.82) is 0 Å². The summed E-state index contributed by atoms with van der Waals surface area (Å²) in [5, 5.41) is 14.9. The average molecular weight is 535 g/mol. The molecule has 1 heterocycles. The molecule has 7 heteroatoms. The highest BCUT2D eigenvalue weighted by molar-refractivity contribution is 6.35. The Bertz CT molecular complexity index is 1330. The van der Waals surface area contributed by atoms with E-state index in [0.29, 0.717) is 46.1 Å². The largest absolute Gasteiger partial charge is 0.387 e. The van der Waals surface area contributed by atoms with Crippen molar-refractivity contribution in [2.45, 2.75) is 43.4 Å². The maximum atomic E-state index is 14.0. The van der Waals surface area contributed by atoms with Crippen molar-refractivity contribution in [3.05, 3.63) is 117 Å². The Morgan fingerprint density at radius 2 is 1.76 bits per heavy atom. The van der Waals surface area contributed by atoms with Gasteiger partial charge < -0.3 is 15.3 Å². The number of halogens is 2. The van der Waals surface area contributed by atoms with Gasteiger partial charge in [0.1, 0.15) is 0 Å². The number of nitrogens with one attached hydrogen (secondary N) is 1. The minimum absolute atomic E-state index is 0.197. The fraction of sp³-hybridized carbons (Fsp3) is 0.267. The number of aliphatic hydroxyl groups excluding tert-OH is 1. The van der Waals surface area contributed by atoms with E-state index < -0.39 is 24.1 Å². The number of amides is 2. The van der Waals surface area contributed by atoms with Crippen molar-refractivity contribution in [3.63, 3.8) is 0 Å². The van der Waals surface area contributed by atoms with Gasteiger partial charge in [0.2, 0.25) is 5.91 Å². The van der Waals surface area contributed by atoms with Gasteiger partial charge in [0.15, 0.2) is 0 Å². The number of allylic oxidation sites excluding steroid dienone is 1.